The van der Waals surface area contributed by atoms with E-state index < -0.39 is 20.2 Å². The Labute approximate surface area is 190 Å². The van der Waals surface area contributed by atoms with Crippen molar-refractivity contribution >= 4 is 32.2 Å². The first-order chi connectivity index (χ1) is 15.4. The number of aromatic nitrogens is 1. The van der Waals surface area contributed by atoms with Gasteiger partial charge in [0.05, 0.1) is 17.1 Å². The van der Waals surface area contributed by atoms with E-state index in [2.05, 4.69) is 29.0 Å². The number of fused-ring (bicyclic) bond motifs is 1. The smallest absolute Gasteiger partial charge is 0.373 e. The molecule has 0 bridgehead atoms. The quantitative estimate of drug-likeness (QED) is 0.577. The fourth-order valence-electron chi connectivity index (χ4n) is 4.13. The molecule has 1 aromatic heterocycles. The molecule has 0 unspecified atom stereocenters. The molecule has 1 N–H and O–H groups in total. The van der Waals surface area contributed by atoms with Gasteiger partial charge in [0.15, 0.2) is 0 Å². The third kappa shape index (κ3) is 4.37. The number of nitrogens with one attached hydrogen (secondary N) is 1. The summed E-state index contributed by atoms with van der Waals surface area (Å²) in [5.41, 5.74) is -2.86. The van der Waals surface area contributed by atoms with Crippen molar-refractivity contribution in [2.75, 3.05) is 30.5 Å². The maximum atomic E-state index is 12.8. The molecule has 1 fully saturated rings. The van der Waals surface area contributed by atoms with Gasteiger partial charge in [-0.2, -0.15) is 13.2 Å². The van der Waals surface area contributed by atoms with Gasteiger partial charge in [-0.25, -0.2) is 13.4 Å². The van der Waals surface area contributed by atoms with Crippen LogP contribution in [0.2, 0.25) is 0 Å². The van der Waals surface area contributed by atoms with Crippen LogP contribution in [-0.2, 0) is 16.4 Å². The van der Waals surface area contributed by atoms with Gasteiger partial charge >= 0.3 is 5.51 Å². The van der Waals surface area contributed by atoms with Gasteiger partial charge in [-0.1, -0.05) is 18.2 Å². The fourth-order valence-corrected chi connectivity index (χ4v) is 4.89. The van der Waals surface area contributed by atoms with Crippen molar-refractivity contribution in [2.24, 2.45) is 0 Å². The third-order valence-electron chi connectivity index (χ3n) is 6.01. The van der Waals surface area contributed by atoms with E-state index in [0.717, 1.165) is 34.4 Å². The average Bonchev–Trinajstić information content (AvgIpc) is 3.07. The number of pyridine rings is 1. The fraction of sp³-hybridized carbons (Fsp3) is 0.348. The highest BCUT2D eigenvalue weighted by Crippen LogP contribution is 2.34. The first-order valence-electron chi connectivity index (χ1n) is 10.4. The molecular formula is C23H25F3N4O2S. The Balaban J connectivity index is 1.59. The normalized spacial score (nSPS) is 17.0. The van der Waals surface area contributed by atoms with Crippen LogP contribution >= 0.6 is 0 Å². The van der Waals surface area contributed by atoms with Crippen LogP contribution in [-0.4, -0.2) is 49.6 Å². The Kier molecular flexibility index (Phi) is 5.78. The van der Waals surface area contributed by atoms with Gasteiger partial charge in [-0.15, -0.1) is 0 Å². The lowest BCUT2D eigenvalue weighted by molar-refractivity contribution is -0.0436. The Bertz CT molecular complexity index is 1280. The number of hydrogen-bond acceptors (Lipinski definition) is 6. The molecular weight excluding hydrogens is 453 g/mol. The Morgan fingerprint density at radius 3 is 2.39 bits per heavy atom. The van der Waals surface area contributed by atoms with Crippen LogP contribution in [0.15, 0.2) is 59.5 Å². The monoisotopic (exact) mass is 478 g/mol. The van der Waals surface area contributed by atoms with E-state index in [1.165, 1.54) is 12.1 Å². The van der Waals surface area contributed by atoms with Crippen LogP contribution in [0.1, 0.15) is 19.4 Å². The number of alkyl halides is 3. The number of para-hydroxylation sites is 1. The molecule has 0 aliphatic carbocycles. The predicted molar refractivity (Wildman–Crippen MR) is 123 cm³/mol. The first-order valence-corrected chi connectivity index (χ1v) is 11.9. The average molecular weight is 479 g/mol. The first kappa shape index (κ1) is 23.3. The largest absolute Gasteiger partial charge is 0.501 e. The zero-order valence-corrected chi connectivity index (χ0v) is 19.3. The minimum absolute atomic E-state index is 0.221. The van der Waals surface area contributed by atoms with Crippen LogP contribution in [0.3, 0.4) is 0 Å². The molecule has 0 radical (unpaired) electrons. The Morgan fingerprint density at radius 2 is 1.76 bits per heavy atom. The molecule has 1 saturated heterocycles. The molecule has 4 rings (SSSR count). The topological polar surface area (TPSA) is 65.5 Å². The highest BCUT2D eigenvalue weighted by atomic mass is 32.2. The number of nitrogens with zero attached hydrogens (tertiary/aromatic N) is 3. The van der Waals surface area contributed by atoms with Gasteiger partial charge in [-0.05, 0) is 55.8 Å². The van der Waals surface area contributed by atoms with E-state index in [9.17, 15) is 21.6 Å². The van der Waals surface area contributed by atoms with Crippen LogP contribution in [0.5, 0.6) is 0 Å². The molecule has 2 aromatic carbocycles. The molecule has 3 aromatic rings. The van der Waals surface area contributed by atoms with Crippen LogP contribution < -0.4 is 10.2 Å². The summed E-state index contributed by atoms with van der Waals surface area (Å²) in [4.78, 5) is 8.17. The summed E-state index contributed by atoms with van der Waals surface area (Å²) in [5, 5.41) is 4.16. The molecule has 0 saturated carbocycles. The van der Waals surface area contributed by atoms with Crippen molar-refractivity contribution in [1.82, 2.24) is 9.88 Å². The van der Waals surface area contributed by atoms with E-state index in [-0.39, 0.29) is 5.54 Å². The molecule has 10 heteroatoms. The molecule has 0 amide bonds. The lowest BCUT2D eigenvalue weighted by atomic mass is 10.0. The molecule has 0 atom stereocenters. The van der Waals surface area contributed by atoms with Gasteiger partial charge in [0.2, 0.25) is 0 Å². The minimum atomic E-state index is -5.36. The maximum absolute atomic E-state index is 12.8. The Morgan fingerprint density at radius 1 is 1.09 bits per heavy atom. The van der Waals surface area contributed by atoms with Crippen LogP contribution in [0, 0.1) is 0 Å². The summed E-state index contributed by atoms with van der Waals surface area (Å²) in [7, 11) is -3.53. The molecule has 6 nitrogen and oxygen atoms in total. The summed E-state index contributed by atoms with van der Waals surface area (Å²) >= 11 is 0. The molecule has 0 spiro atoms. The number of anilines is 2. The molecule has 1 aliphatic rings. The van der Waals surface area contributed by atoms with E-state index in [1.54, 1.807) is 0 Å². The van der Waals surface area contributed by atoms with Gasteiger partial charge in [0, 0.05) is 36.7 Å². The number of halogens is 3. The van der Waals surface area contributed by atoms with E-state index in [0.29, 0.717) is 25.4 Å². The SMILES string of the molecule is CNc1cc(CN2CN(c3ccc(S(=O)(=O)C(F)(F)F)cc3)CC2(C)C)c2ccccc2n1. The van der Waals surface area contributed by atoms with Gasteiger partial charge in [-0.3, -0.25) is 4.90 Å². The van der Waals surface area contributed by atoms with Crippen molar-refractivity contribution in [1.29, 1.82) is 0 Å². The zero-order chi connectivity index (χ0) is 24.0. The van der Waals surface area contributed by atoms with Crippen LogP contribution in [0.4, 0.5) is 24.7 Å². The number of benzene rings is 2. The third-order valence-corrected chi connectivity index (χ3v) is 7.51. The van der Waals surface area contributed by atoms with Gasteiger partial charge in [0.1, 0.15) is 5.82 Å². The highest BCUT2D eigenvalue weighted by molar-refractivity contribution is 7.92. The number of sulfone groups is 1. The highest BCUT2D eigenvalue weighted by Gasteiger charge is 2.47. The van der Waals surface area contributed by atoms with Crippen LogP contribution in [0.25, 0.3) is 10.9 Å². The zero-order valence-electron chi connectivity index (χ0n) is 18.5. The van der Waals surface area contributed by atoms with E-state index >= 15 is 0 Å². The second-order valence-electron chi connectivity index (χ2n) is 8.73. The van der Waals surface area contributed by atoms with Crippen molar-refractivity contribution < 1.29 is 21.6 Å². The summed E-state index contributed by atoms with van der Waals surface area (Å²) in [6.45, 7) is 6.06. The summed E-state index contributed by atoms with van der Waals surface area (Å²) < 4.78 is 61.8. The summed E-state index contributed by atoms with van der Waals surface area (Å²) in [5.74, 6) is 0.777. The maximum Gasteiger partial charge on any atom is 0.501 e. The Hall–Kier alpha value is -2.85. The lowest BCUT2D eigenvalue weighted by Crippen LogP contribution is -2.39. The number of hydrogen-bond donors (Lipinski definition) is 1. The van der Waals surface area contributed by atoms with Gasteiger partial charge in [0.25, 0.3) is 9.84 Å². The summed E-state index contributed by atoms with van der Waals surface area (Å²) in [6.07, 6.45) is 0. The van der Waals surface area contributed by atoms with Crippen molar-refractivity contribution in [3.8, 4) is 0 Å². The molecule has 176 valence electrons. The van der Waals surface area contributed by atoms with Crippen molar-refractivity contribution in [3.05, 3.63) is 60.2 Å². The molecule has 33 heavy (non-hydrogen) atoms. The van der Waals surface area contributed by atoms with Crippen molar-refractivity contribution in [2.45, 2.75) is 36.3 Å². The van der Waals surface area contributed by atoms with Gasteiger partial charge < -0.3 is 10.2 Å². The minimum Gasteiger partial charge on any atom is -0.373 e. The van der Waals surface area contributed by atoms with E-state index in [1.807, 2.05) is 42.3 Å². The molecule has 2 heterocycles. The lowest BCUT2D eigenvalue weighted by Gasteiger charge is -2.30. The molecule has 1 aliphatic heterocycles. The van der Waals surface area contributed by atoms with Crippen molar-refractivity contribution in [3.63, 3.8) is 0 Å². The number of rotatable bonds is 5. The standard InChI is InChI=1S/C23H25F3N4O2S/c1-22(2)14-29(17-8-10-18(11-9-17)33(31,32)23(24,25)26)15-30(22)13-16-12-21(27-3)28-20-7-5-4-6-19(16)20/h4-12H,13-15H2,1-3H3,(H,27,28). The summed E-state index contributed by atoms with van der Waals surface area (Å²) in [6, 6.07) is 14.9. The second-order valence-corrected chi connectivity index (χ2v) is 10.7. The van der Waals surface area contributed by atoms with E-state index in [4.69, 9.17) is 0 Å². The predicted octanol–water partition coefficient (Wildman–Crippen LogP) is 4.63. The second kappa shape index (κ2) is 8.18.